The third kappa shape index (κ3) is 4.89. The van der Waals surface area contributed by atoms with Gasteiger partial charge in [-0.3, -0.25) is 0 Å². The van der Waals surface area contributed by atoms with Gasteiger partial charge in [0, 0.05) is 22.2 Å². The molecule has 0 aliphatic rings. The quantitative estimate of drug-likeness (QED) is 0.466. The minimum atomic E-state index is -1.02. The molecule has 0 saturated heterocycles. The van der Waals surface area contributed by atoms with Gasteiger partial charge in [0.2, 0.25) is 0 Å². The third-order valence-corrected chi connectivity index (χ3v) is 5.21. The molecule has 0 amide bonds. The van der Waals surface area contributed by atoms with Crippen molar-refractivity contribution in [2.45, 2.75) is 32.6 Å². The van der Waals surface area contributed by atoms with Crippen LogP contribution in [0.1, 0.15) is 32.0 Å². The summed E-state index contributed by atoms with van der Waals surface area (Å²) in [4.78, 5) is 10.5. The third-order valence-electron chi connectivity index (χ3n) is 5.21. The SMILES string of the molecule is CCc1c(C(C)(C)COCCOCC(=O)O)n(-c2ccc(F)cc2)c2cccc(O)c12. The predicted octanol–water partition coefficient (Wildman–Crippen LogP) is 4.43. The number of fused-ring (bicyclic) bond motifs is 1. The number of nitrogens with zero attached hydrogens (tertiary/aromatic N) is 1. The number of aryl methyl sites for hydroxylation is 1. The van der Waals surface area contributed by atoms with Crippen LogP contribution in [0.4, 0.5) is 4.39 Å². The van der Waals surface area contributed by atoms with Crippen molar-refractivity contribution in [2.24, 2.45) is 0 Å². The second-order valence-corrected chi connectivity index (χ2v) is 8.05. The Balaban J connectivity index is 2.01. The highest BCUT2D eigenvalue weighted by Gasteiger charge is 2.31. The Morgan fingerprint density at radius 3 is 2.42 bits per heavy atom. The number of phenols is 1. The van der Waals surface area contributed by atoms with Gasteiger partial charge in [0.15, 0.2) is 0 Å². The number of halogens is 1. The summed E-state index contributed by atoms with van der Waals surface area (Å²) >= 11 is 0. The minimum absolute atomic E-state index is 0.185. The van der Waals surface area contributed by atoms with E-state index in [2.05, 4.69) is 18.4 Å². The number of carboxylic acid groups (broad SMARTS) is 1. The maximum Gasteiger partial charge on any atom is 0.329 e. The first kappa shape index (κ1) is 22.8. The molecule has 3 rings (SSSR count). The molecule has 0 fully saturated rings. The van der Waals surface area contributed by atoms with Crippen molar-refractivity contribution in [2.75, 3.05) is 26.4 Å². The standard InChI is InChI=1S/C24H28FNO5/c1-4-18-22-19(6-5-7-20(22)27)26(17-10-8-16(25)9-11-17)23(18)24(2,3)15-31-13-12-30-14-21(28)29/h5-11,27H,4,12-15H2,1-3H3,(H,28,29). The van der Waals surface area contributed by atoms with Crippen LogP contribution in [-0.2, 0) is 26.1 Å². The van der Waals surface area contributed by atoms with Gasteiger partial charge in [0.25, 0.3) is 0 Å². The number of hydrogen-bond acceptors (Lipinski definition) is 4. The summed E-state index contributed by atoms with van der Waals surface area (Å²) in [6.07, 6.45) is 0.697. The molecule has 1 heterocycles. The average Bonchev–Trinajstić information content (AvgIpc) is 3.07. The lowest BCUT2D eigenvalue weighted by Gasteiger charge is -2.28. The normalized spacial score (nSPS) is 11.9. The molecule has 31 heavy (non-hydrogen) atoms. The van der Waals surface area contributed by atoms with E-state index in [0.717, 1.165) is 27.8 Å². The topological polar surface area (TPSA) is 80.9 Å². The van der Waals surface area contributed by atoms with Gasteiger partial charge in [-0.05, 0) is 48.4 Å². The zero-order chi connectivity index (χ0) is 22.6. The van der Waals surface area contributed by atoms with Crippen LogP contribution in [0.15, 0.2) is 42.5 Å². The van der Waals surface area contributed by atoms with Gasteiger partial charge in [-0.2, -0.15) is 0 Å². The number of carboxylic acids is 1. The monoisotopic (exact) mass is 429 g/mol. The van der Waals surface area contributed by atoms with Crippen LogP contribution in [0.2, 0.25) is 0 Å². The van der Waals surface area contributed by atoms with E-state index in [-0.39, 0.29) is 31.4 Å². The molecule has 6 nitrogen and oxygen atoms in total. The fraction of sp³-hybridized carbons (Fsp3) is 0.375. The summed E-state index contributed by atoms with van der Waals surface area (Å²) in [6, 6.07) is 11.7. The maximum absolute atomic E-state index is 13.6. The summed E-state index contributed by atoms with van der Waals surface area (Å²) in [7, 11) is 0. The Kier molecular flexibility index (Phi) is 6.97. The predicted molar refractivity (Wildman–Crippen MR) is 117 cm³/mol. The number of phenolic OH excluding ortho intramolecular Hbond substituents is 1. The Morgan fingerprint density at radius 1 is 1.10 bits per heavy atom. The maximum atomic E-state index is 13.6. The molecule has 3 aromatic rings. The van der Waals surface area contributed by atoms with Crippen LogP contribution >= 0.6 is 0 Å². The fourth-order valence-corrected chi connectivity index (χ4v) is 3.98. The zero-order valence-electron chi connectivity index (χ0n) is 18.0. The summed E-state index contributed by atoms with van der Waals surface area (Å²) in [5.41, 5.74) is 3.16. The lowest BCUT2D eigenvalue weighted by atomic mass is 9.86. The molecule has 0 saturated carbocycles. The molecule has 0 spiro atoms. The lowest BCUT2D eigenvalue weighted by molar-refractivity contribution is -0.142. The second kappa shape index (κ2) is 9.49. The summed E-state index contributed by atoms with van der Waals surface area (Å²) < 4.78 is 26.5. The summed E-state index contributed by atoms with van der Waals surface area (Å²) in [5.74, 6) is -1.13. The van der Waals surface area contributed by atoms with Crippen LogP contribution in [0.25, 0.3) is 16.6 Å². The molecule has 0 aliphatic heterocycles. The molecule has 2 N–H and O–H groups in total. The number of ether oxygens (including phenoxy) is 2. The van der Waals surface area contributed by atoms with Gasteiger partial charge in [-0.25, -0.2) is 9.18 Å². The van der Waals surface area contributed by atoms with E-state index >= 15 is 0 Å². The second-order valence-electron chi connectivity index (χ2n) is 8.05. The van der Waals surface area contributed by atoms with Gasteiger partial charge < -0.3 is 24.3 Å². The van der Waals surface area contributed by atoms with E-state index in [1.807, 2.05) is 13.0 Å². The first-order valence-electron chi connectivity index (χ1n) is 10.2. The van der Waals surface area contributed by atoms with E-state index in [4.69, 9.17) is 14.6 Å². The molecular formula is C24H28FNO5. The number of aromatic hydroxyl groups is 1. The van der Waals surface area contributed by atoms with E-state index in [0.29, 0.717) is 13.0 Å². The van der Waals surface area contributed by atoms with Crippen LogP contribution in [-0.4, -0.2) is 47.2 Å². The van der Waals surface area contributed by atoms with Crippen molar-refractivity contribution < 1.29 is 28.9 Å². The summed E-state index contributed by atoms with van der Waals surface area (Å²) in [6.45, 7) is 6.59. The summed E-state index contributed by atoms with van der Waals surface area (Å²) in [5, 5.41) is 20.0. The molecule has 0 radical (unpaired) electrons. The number of benzene rings is 2. The lowest BCUT2D eigenvalue weighted by Crippen LogP contribution is -2.29. The van der Waals surface area contributed by atoms with E-state index < -0.39 is 11.4 Å². The Hall–Kier alpha value is -2.90. The smallest absolute Gasteiger partial charge is 0.329 e. The first-order valence-corrected chi connectivity index (χ1v) is 10.2. The van der Waals surface area contributed by atoms with Crippen LogP contribution in [0, 0.1) is 5.82 Å². The van der Waals surface area contributed by atoms with Crippen LogP contribution in [0.3, 0.4) is 0 Å². The van der Waals surface area contributed by atoms with Gasteiger partial charge in [-0.15, -0.1) is 0 Å². The molecule has 166 valence electrons. The Bertz CT molecular complexity index is 1060. The zero-order valence-corrected chi connectivity index (χ0v) is 18.0. The van der Waals surface area contributed by atoms with Crippen molar-refractivity contribution in [3.63, 3.8) is 0 Å². The minimum Gasteiger partial charge on any atom is -0.507 e. The molecule has 0 unspecified atom stereocenters. The van der Waals surface area contributed by atoms with Gasteiger partial charge in [-0.1, -0.05) is 26.8 Å². The fourth-order valence-electron chi connectivity index (χ4n) is 3.98. The number of hydrogen-bond donors (Lipinski definition) is 2. The van der Waals surface area contributed by atoms with Gasteiger partial charge >= 0.3 is 5.97 Å². The van der Waals surface area contributed by atoms with E-state index in [1.54, 1.807) is 24.3 Å². The van der Waals surface area contributed by atoms with Crippen molar-refractivity contribution in [3.05, 3.63) is 59.5 Å². The number of aromatic nitrogens is 1. The van der Waals surface area contributed by atoms with Crippen molar-refractivity contribution in [1.82, 2.24) is 4.57 Å². The highest BCUT2D eigenvalue weighted by molar-refractivity contribution is 5.93. The van der Waals surface area contributed by atoms with Crippen molar-refractivity contribution >= 4 is 16.9 Å². The number of carbonyl (C=O) groups is 1. The van der Waals surface area contributed by atoms with Gasteiger partial charge in [0.1, 0.15) is 18.2 Å². The molecular weight excluding hydrogens is 401 g/mol. The molecule has 0 atom stereocenters. The molecule has 0 aliphatic carbocycles. The first-order chi connectivity index (χ1) is 14.8. The van der Waals surface area contributed by atoms with Crippen molar-refractivity contribution in [3.8, 4) is 11.4 Å². The number of rotatable bonds is 10. The molecule has 0 bridgehead atoms. The molecule has 1 aromatic heterocycles. The highest BCUT2D eigenvalue weighted by atomic mass is 19.1. The molecule has 7 heteroatoms. The van der Waals surface area contributed by atoms with Crippen LogP contribution < -0.4 is 0 Å². The highest BCUT2D eigenvalue weighted by Crippen LogP contribution is 2.41. The van der Waals surface area contributed by atoms with E-state index in [9.17, 15) is 14.3 Å². The van der Waals surface area contributed by atoms with Gasteiger partial charge in [0.05, 0.1) is 25.3 Å². The van der Waals surface area contributed by atoms with E-state index in [1.165, 1.54) is 12.1 Å². The largest absolute Gasteiger partial charge is 0.507 e. The van der Waals surface area contributed by atoms with Crippen LogP contribution in [0.5, 0.6) is 5.75 Å². The number of aliphatic carboxylic acids is 1. The molecule has 2 aromatic carbocycles. The Morgan fingerprint density at radius 2 is 1.77 bits per heavy atom. The van der Waals surface area contributed by atoms with Crippen molar-refractivity contribution in [1.29, 1.82) is 0 Å². The average molecular weight is 429 g/mol. The Labute approximate surface area is 180 Å².